The van der Waals surface area contributed by atoms with Crippen LogP contribution in [-0.4, -0.2) is 6.41 Å². The molecular formula is C13H19NO. The minimum atomic E-state index is -0.294. The predicted octanol–water partition coefficient (Wildman–Crippen LogP) is 2.79. The molecule has 1 aromatic carbocycles. The summed E-state index contributed by atoms with van der Waals surface area (Å²) in [5, 5.41) is 2.81. The van der Waals surface area contributed by atoms with Crippen molar-refractivity contribution in [1.82, 2.24) is 5.32 Å². The van der Waals surface area contributed by atoms with E-state index in [-0.39, 0.29) is 5.54 Å². The molecule has 0 heterocycles. The molecular weight excluding hydrogens is 186 g/mol. The molecule has 0 atom stereocenters. The minimum absolute atomic E-state index is 0.294. The van der Waals surface area contributed by atoms with Gasteiger partial charge in [0.25, 0.3) is 0 Å². The largest absolute Gasteiger partial charge is 0.350 e. The maximum absolute atomic E-state index is 10.5. The average Bonchev–Trinajstić information content (AvgIpc) is 2.18. The van der Waals surface area contributed by atoms with Crippen LogP contribution in [0.2, 0.25) is 0 Å². The molecule has 0 aliphatic carbocycles. The highest BCUT2D eigenvalue weighted by Gasteiger charge is 2.18. The zero-order chi connectivity index (χ0) is 11.5. The number of hydrogen-bond acceptors (Lipinski definition) is 1. The van der Waals surface area contributed by atoms with Crippen LogP contribution in [0.15, 0.2) is 24.3 Å². The topological polar surface area (TPSA) is 29.1 Å². The number of amides is 1. The van der Waals surface area contributed by atoms with E-state index < -0.39 is 0 Å². The lowest BCUT2D eigenvalue weighted by atomic mass is 9.92. The van der Waals surface area contributed by atoms with Gasteiger partial charge < -0.3 is 5.32 Å². The van der Waals surface area contributed by atoms with E-state index in [1.54, 1.807) is 0 Å². The summed E-state index contributed by atoms with van der Waals surface area (Å²) in [4.78, 5) is 10.5. The van der Waals surface area contributed by atoms with E-state index in [1.807, 2.05) is 13.8 Å². The Kier molecular flexibility index (Phi) is 3.51. The molecule has 0 aliphatic heterocycles. The second kappa shape index (κ2) is 4.47. The maximum Gasteiger partial charge on any atom is 0.207 e. The van der Waals surface area contributed by atoms with Gasteiger partial charge in [-0.3, -0.25) is 4.79 Å². The van der Waals surface area contributed by atoms with Crippen LogP contribution in [0.3, 0.4) is 0 Å². The molecule has 0 bridgehead atoms. The summed E-state index contributed by atoms with van der Waals surface area (Å²) in [6.07, 6.45) is 0.746. The molecule has 0 saturated carbocycles. The fourth-order valence-electron chi connectivity index (χ4n) is 1.52. The first kappa shape index (κ1) is 11.8. The molecule has 2 nitrogen and oxygen atoms in total. The van der Waals surface area contributed by atoms with E-state index in [4.69, 9.17) is 0 Å². The van der Waals surface area contributed by atoms with Crippen LogP contribution in [0.4, 0.5) is 0 Å². The summed E-state index contributed by atoms with van der Waals surface area (Å²) >= 11 is 0. The van der Waals surface area contributed by atoms with Gasteiger partial charge in [0.1, 0.15) is 0 Å². The van der Waals surface area contributed by atoms with Crippen molar-refractivity contribution in [3.63, 3.8) is 0 Å². The number of nitrogens with one attached hydrogen (secondary N) is 1. The molecule has 82 valence electrons. The molecule has 0 saturated heterocycles. The van der Waals surface area contributed by atoms with Crippen molar-refractivity contribution in [2.24, 2.45) is 0 Å². The summed E-state index contributed by atoms with van der Waals surface area (Å²) in [6, 6.07) is 8.39. The maximum atomic E-state index is 10.5. The summed E-state index contributed by atoms with van der Waals surface area (Å²) in [5.41, 5.74) is 2.15. The van der Waals surface area contributed by atoms with Crippen molar-refractivity contribution >= 4 is 6.41 Å². The van der Waals surface area contributed by atoms with E-state index in [9.17, 15) is 4.79 Å². The van der Waals surface area contributed by atoms with Gasteiger partial charge in [-0.15, -0.1) is 0 Å². The van der Waals surface area contributed by atoms with Crippen LogP contribution >= 0.6 is 0 Å². The Balaban J connectivity index is 2.92. The van der Waals surface area contributed by atoms with Crippen molar-refractivity contribution < 1.29 is 4.79 Å². The molecule has 0 radical (unpaired) electrons. The van der Waals surface area contributed by atoms with Crippen molar-refractivity contribution in [3.05, 3.63) is 35.4 Å². The molecule has 1 rings (SSSR count). The highest BCUT2D eigenvalue weighted by atomic mass is 16.1. The zero-order valence-corrected chi connectivity index (χ0v) is 9.87. The standard InChI is InChI=1S/C13H19NO/c1-10(2)11-5-7-12(8-6-11)13(3,4)14-9-15/h5-10H,1-4H3,(H,14,15). The summed E-state index contributed by atoms with van der Waals surface area (Å²) in [6.45, 7) is 8.32. The van der Waals surface area contributed by atoms with E-state index >= 15 is 0 Å². The Morgan fingerprint density at radius 1 is 1.20 bits per heavy atom. The molecule has 1 aromatic rings. The number of carbonyl (C=O) groups excluding carboxylic acids is 1. The molecule has 2 heteroatoms. The van der Waals surface area contributed by atoms with E-state index in [2.05, 4.69) is 43.4 Å². The smallest absolute Gasteiger partial charge is 0.207 e. The first-order valence-corrected chi connectivity index (χ1v) is 5.29. The highest BCUT2D eigenvalue weighted by Crippen LogP contribution is 2.22. The molecule has 1 amide bonds. The number of carbonyl (C=O) groups is 1. The Morgan fingerprint density at radius 3 is 2.13 bits per heavy atom. The van der Waals surface area contributed by atoms with Crippen molar-refractivity contribution in [1.29, 1.82) is 0 Å². The third kappa shape index (κ3) is 2.82. The van der Waals surface area contributed by atoms with Crippen molar-refractivity contribution in [3.8, 4) is 0 Å². The van der Waals surface area contributed by atoms with E-state index in [0.717, 1.165) is 12.0 Å². The molecule has 0 fully saturated rings. The van der Waals surface area contributed by atoms with Crippen LogP contribution in [0, 0.1) is 0 Å². The molecule has 15 heavy (non-hydrogen) atoms. The first-order chi connectivity index (χ1) is 6.97. The summed E-state index contributed by atoms with van der Waals surface area (Å²) in [5.74, 6) is 0.543. The molecule has 0 aliphatic rings. The van der Waals surface area contributed by atoms with Gasteiger partial charge >= 0.3 is 0 Å². The normalized spacial score (nSPS) is 11.5. The lowest BCUT2D eigenvalue weighted by molar-refractivity contribution is -0.111. The van der Waals surface area contributed by atoms with E-state index in [0.29, 0.717) is 5.92 Å². The average molecular weight is 205 g/mol. The molecule has 0 unspecified atom stereocenters. The van der Waals surface area contributed by atoms with Crippen LogP contribution in [-0.2, 0) is 10.3 Å². The van der Waals surface area contributed by atoms with Crippen LogP contribution in [0.1, 0.15) is 44.7 Å². The Bertz CT molecular complexity index is 325. The van der Waals surface area contributed by atoms with Gasteiger partial charge in [-0.25, -0.2) is 0 Å². The molecule has 0 spiro atoms. The fourth-order valence-corrected chi connectivity index (χ4v) is 1.52. The monoisotopic (exact) mass is 205 g/mol. The van der Waals surface area contributed by atoms with Gasteiger partial charge in [-0.2, -0.15) is 0 Å². The minimum Gasteiger partial charge on any atom is -0.350 e. The summed E-state index contributed by atoms with van der Waals surface area (Å²) in [7, 11) is 0. The van der Waals surface area contributed by atoms with Crippen LogP contribution in [0.5, 0.6) is 0 Å². The third-order valence-corrected chi connectivity index (χ3v) is 2.72. The van der Waals surface area contributed by atoms with Crippen LogP contribution in [0.25, 0.3) is 0 Å². The molecule has 1 N–H and O–H groups in total. The van der Waals surface area contributed by atoms with Gasteiger partial charge in [-0.1, -0.05) is 38.1 Å². The van der Waals surface area contributed by atoms with Gasteiger partial charge in [-0.05, 0) is 30.9 Å². The molecule has 0 aromatic heterocycles. The second-order valence-electron chi connectivity index (χ2n) is 4.66. The van der Waals surface area contributed by atoms with Gasteiger partial charge in [0, 0.05) is 0 Å². The second-order valence-corrected chi connectivity index (χ2v) is 4.66. The lowest BCUT2D eigenvalue weighted by Gasteiger charge is -2.24. The zero-order valence-electron chi connectivity index (χ0n) is 9.87. The quantitative estimate of drug-likeness (QED) is 0.752. The Morgan fingerprint density at radius 2 is 1.73 bits per heavy atom. The van der Waals surface area contributed by atoms with Crippen LogP contribution < -0.4 is 5.32 Å². The number of hydrogen-bond donors (Lipinski definition) is 1. The third-order valence-electron chi connectivity index (χ3n) is 2.72. The SMILES string of the molecule is CC(C)c1ccc(C(C)(C)NC=O)cc1. The number of rotatable bonds is 4. The van der Waals surface area contributed by atoms with Gasteiger partial charge in [0.05, 0.1) is 5.54 Å². The highest BCUT2D eigenvalue weighted by molar-refractivity contribution is 5.49. The predicted molar refractivity (Wildman–Crippen MR) is 62.8 cm³/mol. The van der Waals surface area contributed by atoms with Gasteiger partial charge in [0.15, 0.2) is 0 Å². The van der Waals surface area contributed by atoms with E-state index in [1.165, 1.54) is 5.56 Å². The first-order valence-electron chi connectivity index (χ1n) is 5.29. The fraction of sp³-hybridized carbons (Fsp3) is 0.462. The lowest BCUT2D eigenvalue weighted by Crippen LogP contribution is -2.35. The van der Waals surface area contributed by atoms with Gasteiger partial charge in [0.2, 0.25) is 6.41 Å². The Labute approximate surface area is 91.7 Å². The Hall–Kier alpha value is -1.31. The summed E-state index contributed by atoms with van der Waals surface area (Å²) < 4.78 is 0. The van der Waals surface area contributed by atoms with Crippen molar-refractivity contribution in [2.45, 2.75) is 39.2 Å². The van der Waals surface area contributed by atoms with Crippen molar-refractivity contribution in [2.75, 3.05) is 0 Å². The number of benzene rings is 1.